The van der Waals surface area contributed by atoms with E-state index in [-0.39, 0.29) is 5.82 Å². The highest BCUT2D eigenvalue weighted by molar-refractivity contribution is 5.86. The lowest BCUT2D eigenvalue weighted by molar-refractivity contribution is 0.628. The smallest absolute Gasteiger partial charge is 0.123 e. The van der Waals surface area contributed by atoms with Crippen molar-refractivity contribution in [3.63, 3.8) is 0 Å². The van der Waals surface area contributed by atoms with Crippen molar-refractivity contribution in [3.8, 4) is 16.8 Å². The Labute approximate surface area is 127 Å². The molecule has 0 aliphatic rings. The van der Waals surface area contributed by atoms with Crippen molar-refractivity contribution in [2.75, 3.05) is 0 Å². The van der Waals surface area contributed by atoms with Crippen LogP contribution in [0.2, 0.25) is 0 Å². The molecule has 4 rings (SSSR count). The van der Waals surface area contributed by atoms with Gasteiger partial charge in [-0.3, -0.25) is 4.98 Å². The summed E-state index contributed by atoms with van der Waals surface area (Å²) in [5.74, 6) is -0.215. The molecule has 0 amide bonds. The first-order chi connectivity index (χ1) is 10.8. The van der Waals surface area contributed by atoms with Gasteiger partial charge in [0.2, 0.25) is 0 Å². The number of fused-ring (bicyclic) bond motifs is 1. The maximum Gasteiger partial charge on any atom is 0.123 e. The molecule has 3 heteroatoms. The zero-order chi connectivity index (χ0) is 14.9. The minimum absolute atomic E-state index is 0.215. The standard InChI is InChI=1S/C19H13FN2/c20-17-6-3-14(4-7-17)15-5-8-19-16(12-15)9-11-22(19)18-2-1-10-21-13-18/h1-13H. The van der Waals surface area contributed by atoms with Gasteiger partial charge in [0, 0.05) is 17.8 Å². The van der Waals surface area contributed by atoms with Crippen LogP contribution in [0.5, 0.6) is 0 Å². The third-order valence-electron chi connectivity index (χ3n) is 3.79. The van der Waals surface area contributed by atoms with Crippen LogP contribution in [0.15, 0.2) is 79.3 Å². The van der Waals surface area contributed by atoms with Crippen LogP contribution in [-0.2, 0) is 0 Å². The second-order valence-corrected chi connectivity index (χ2v) is 5.18. The molecule has 0 atom stereocenters. The number of halogens is 1. The summed E-state index contributed by atoms with van der Waals surface area (Å²) in [5.41, 5.74) is 4.25. The molecule has 0 spiro atoms. The molecule has 2 nitrogen and oxygen atoms in total. The van der Waals surface area contributed by atoms with Gasteiger partial charge < -0.3 is 4.57 Å². The van der Waals surface area contributed by atoms with E-state index in [1.807, 2.05) is 24.5 Å². The van der Waals surface area contributed by atoms with Crippen molar-refractivity contribution in [3.05, 3.63) is 85.1 Å². The molecule has 0 N–H and O–H groups in total. The Balaban J connectivity index is 1.82. The predicted molar refractivity (Wildman–Crippen MR) is 86.5 cm³/mol. The highest BCUT2D eigenvalue weighted by Gasteiger charge is 2.05. The molecule has 0 saturated heterocycles. The van der Waals surface area contributed by atoms with E-state index in [0.29, 0.717) is 0 Å². The molecule has 0 unspecified atom stereocenters. The van der Waals surface area contributed by atoms with Crippen LogP contribution in [0.3, 0.4) is 0 Å². The average molecular weight is 288 g/mol. The van der Waals surface area contributed by atoms with Gasteiger partial charge in [-0.1, -0.05) is 18.2 Å². The van der Waals surface area contributed by atoms with Crippen molar-refractivity contribution in [2.24, 2.45) is 0 Å². The SMILES string of the molecule is Fc1ccc(-c2ccc3c(ccn3-c3cccnc3)c2)cc1. The Morgan fingerprint density at radius 3 is 2.45 bits per heavy atom. The zero-order valence-electron chi connectivity index (χ0n) is 11.8. The summed E-state index contributed by atoms with van der Waals surface area (Å²) in [4.78, 5) is 4.16. The Kier molecular flexibility index (Phi) is 2.97. The summed E-state index contributed by atoms with van der Waals surface area (Å²) in [7, 11) is 0. The average Bonchev–Trinajstić information content (AvgIpc) is 2.99. The molecule has 22 heavy (non-hydrogen) atoms. The van der Waals surface area contributed by atoms with E-state index in [2.05, 4.69) is 33.8 Å². The van der Waals surface area contributed by atoms with Gasteiger partial charge in [-0.2, -0.15) is 0 Å². The van der Waals surface area contributed by atoms with E-state index in [9.17, 15) is 4.39 Å². The first kappa shape index (κ1) is 12.8. The third kappa shape index (κ3) is 2.17. The van der Waals surface area contributed by atoms with Crippen molar-refractivity contribution >= 4 is 10.9 Å². The molecule has 0 fully saturated rings. The molecule has 0 aliphatic heterocycles. The Bertz CT molecular complexity index is 925. The van der Waals surface area contributed by atoms with Crippen LogP contribution in [0.1, 0.15) is 0 Å². The molecule has 0 bridgehead atoms. The van der Waals surface area contributed by atoms with Gasteiger partial charge in [0.1, 0.15) is 5.82 Å². The topological polar surface area (TPSA) is 17.8 Å². The third-order valence-corrected chi connectivity index (χ3v) is 3.79. The van der Waals surface area contributed by atoms with E-state index < -0.39 is 0 Å². The Morgan fingerprint density at radius 2 is 1.68 bits per heavy atom. The normalized spacial score (nSPS) is 11.0. The number of rotatable bonds is 2. The summed E-state index contributed by atoms with van der Waals surface area (Å²) in [5, 5.41) is 1.14. The second kappa shape index (κ2) is 5.11. The van der Waals surface area contributed by atoms with Crippen LogP contribution < -0.4 is 0 Å². The molecule has 0 saturated carbocycles. The number of aromatic nitrogens is 2. The minimum Gasteiger partial charge on any atom is -0.315 e. The predicted octanol–water partition coefficient (Wildman–Crippen LogP) is 4.83. The molecular weight excluding hydrogens is 275 g/mol. The Morgan fingerprint density at radius 1 is 0.864 bits per heavy atom. The molecule has 2 heterocycles. The van der Waals surface area contributed by atoms with E-state index >= 15 is 0 Å². The van der Waals surface area contributed by atoms with Crippen molar-refractivity contribution in [1.29, 1.82) is 0 Å². The van der Waals surface area contributed by atoms with E-state index in [1.54, 1.807) is 18.3 Å². The zero-order valence-corrected chi connectivity index (χ0v) is 11.8. The first-order valence-electron chi connectivity index (χ1n) is 7.09. The highest BCUT2D eigenvalue weighted by atomic mass is 19.1. The number of nitrogens with zero attached hydrogens (tertiary/aromatic N) is 2. The molecular formula is C19H13FN2. The lowest BCUT2D eigenvalue weighted by Gasteiger charge is -2.06. The number of hydrogen-bond donors (Lipinski definition) is 0. The van der Waals surface area contributed by atoms with Crippen LogP contribution in [-0.4, -0.2) is 9.55 Å². The second-order valence-electron chi connectivity index (χ2n) is 5.18. The lowest BCUT2D eigenvalue weighted by atomic mass is 10.0. The van der Waals surface area contributed by atoms with Gasteiger partial charge in [-0.15, -0.1) is 0 Å². The van der Waals surface area contributed by atoms with Crippen molar-refractivity contribution in [1.82, 2.24) is 9.55 Å². The Hall–Kier alpha value is -2.94. The summed E-state index contributed by atoms with van der Waals surface area (Å²) in [6, 6.07) is 18.9. The van der Waals surface area contributed by atoms with E-state index in [0.717, 1.165) is 27.7 Å². The van der Waals surface area contributed by atoms with Crippen LogP contribution >= 0.6 is 0 Å². The number of pyridine rings is 1. The fourth-order valence-corrected chi connectivity index (χ4v) is 2.69. The van der Waals surface area contributed by atoms with Crippen LogP contribution in [0.25, 0.3) is 27.7 Å². The van der Waals surface area contributed by atoms with E-state index in [4.69, 9.17) is 0 Å². The first-order valence-corrected chi connectivity index (χ1v) is 7.09. The summed E-state index contributed by atoms with van der Waals surface area (Å²) >= 11 is 0. The van der Waals surface area contributed by atoms with Crippen LogP contribution in [0, 0.1) is 5.82 Å². The fourth-order valence-electron chi connectivity index (χ4n) is 2.69. The van der Waals surface area contributed by atoms with Gasteiger partial charge in [-0.05, 0) is 53.6 Å². The van der Waals surface area contributed by atoms with Crippen molar-refractivity contribution in [2.45, 2.75) is 0 Å². The maximum absolute atomic E-state index is 13.0. The number of benzene rings is 2. The molecule has 106 valence electrons. The van der Waals surface area contributed by atoms with Gasteiger partial charge in [0.05, 0.1) is 17.4 Å². The summed E-state index contributed by atoms with van der Waals surface area (Å²) in [6.45, 7) is 0. The number of hydrogen-bond acceptors (Lipinski definition) is 1. The van der Waals surface area contributed by atoms with Crippen LogP contribution in [0.4, 0.5) is 4.39 Å². The monoisotopic (exact) mass is 288 g/mol. The van der Waals surface area contributed by atoms with Gasteiger partial charge in [0.15, 0.2) is 0 Å². The maximum atomic E-state index is 13.0. The van der Waals surface area contributed by atoms with Gasteiger partial charge >= 0.3 is 0 Å². The largest absolute Gasteiger partial charge is 0.315 e. The molecule has 0 aliphatic carbocycles. The van der Waals surface area contributed by atoms with Gasteiger partial charge in [-0.25, -0.2) is 4.39 Å². The lowest BCUT2D eigenvalue weighted by Crippen LogP contribution is -1.91. The van der Waals surface area contributed by atoms with Gasteiger partial charge in [0.25, 0.3) is 0 Å². The quantitative estimate of drug-likeness (QED) is 0.516. The molecule has 4 aromatic rings. The summed E-state index contributed by atoms with van der Waals surface area (Å²) < 4.78 is 15.1. The minimum atomic E-state index is -0.215. The van der Waals surface area contributed by atoms with E-state index in [1.165, 1.54) is 12.1 Å². The molecule has 2 aromatic heterocycles. The fraction of sp³-hybridized carbons (Fsp3) is 0. The summed E-state index contributed by atoms with van der Waals surface area (Å²) in [6.07, 6.45) is 5.64. The highest BCUT2D eigenvalue weighted by Crippen LogP contribution is 2.26. The molecule has 0 radical (unpaired) electrons. The van der Waals surface area contributed by atoms with Crippen molar-refractivity contribution < 1.29 is 4.39 Å². The molecule has 2 aromatic carbocycles.